The molecule has 1 aromatic carbocycles. The Morgan fingerprint density at radius 3 is 2.50 bits per heavy atom. The second kappa shape index (κ2) is 6.18. The number of hydrogen-bond donors (Lipinski definition) is 1. The van der Waals surface area contributed by atoms with Crippen molar-refractivity contribution in [2.75, 3.05) is 26.2 Å². The Hall–Kier alpha value is -0.350. The first-order valence-electron chi connectivity index (χ1n) is 7.25. The molecule has 0 spiro atoms. The average Bonchev–Trinajstić information content (AvgIpc) is 3.27. The van der Waals surface area contributed by atoms with Gasteiger partial charge in [0, 0.05) is 42.8 Å². The number of halogens is 3. The zero-order valence-electron chi connectivity index (χ0n) is 11.3. The topological polar surface area (TPSA) is 15.3 Å². The maximum atomic E-state index is 14.5. The van der Waals surface area contributed by atoms with Crippen LogP contribution in [0.25, 0.3) is 0 Å². The lowest BCUT2D eigenvalue weighted by molar-refractivity contribution is 0.157. The summed E-state index contributed by atoms with van der Waals surface area (Å²) in [7, 11) is 0. The monoisotopic (exact) mass is 316 g/mol. The van der Waals surface area contributed by atoms with Gasteiger partial charge in [-0.05, 0) is 24.5 Å². The van der Waals surface area contributed by atoms with Crippen molar-refractivity contribution in [1.29, 1.82) is 0 Å². The first kappa shape index (κ1) is 14.6. The number of hydrogen-bond acceptors (Lipinski definition) is 2. The van der Waals surface area contributed by atoms with Crippen molar-refractivity contribution < 1.29 is 4.39 Å². The zero-order valence-corrected chi connectivity index (χ0v) is 12.9. The second-order valence-electron chi connectivity index (χ2n) is 5.74. The highest BCUT2D eigenvalue weighted by Crippen LogP contribution is 2.43. The molecule has 1 saturated heterocycles. The molecule has 1 aliphatic carbocycles. The van der Waals surface area contributed by atoms with Crippen molar-refractivity contribution in [2.24, 2.45) is 5.92 Å². The van der Waals surface area contributed by atoms with E-state index in [4.69, 9.17) is 23.2 Å². The molecule has 1 aromatic rings. The van der Waals surface area contributed by atoms with Crippen molar-refractivity contribution in [3.63, 3.8) is 0 Å². The van der Waals surface area contributed by atoms with Crippen LogP contribution in [0.5, 0.6) is 0 Å². The molecule has 3 rings (SSSR count). The second-order valence-corrected chi connectivity index (χ2v) is 6.55. The predicted octanol–water partition coefficient (Wildman–Crippen LogP) is 3.88. The lowest BCUT2D eigenvalue weighted by Gasteiger charge is -2.36. The maximum Gasteiger partial charge on any atom is 0.148 e. The van der Waals surface area contributed by atoms with E-state index >= 15 is 0 Å². The Kier molecular flexibility index (Phi) is 4.51. The van der Waals surface area contributed by atoms with Crippen molar-refractivity contribution >= 4 is 23.2 Å². The smallest absolute Gasteiger partial charge is 0.148 e. The highest BCUT2D eigenvalue weighted by molar-refractivity contribution is 6.33. The number of nitrogens with zero attached hydrogens (tertiary/aromatic N) is 1. The van der Waals surface area contributed by atoms with E-state index in [1.54, 1.807) is 6.07 Å². The van der Waals surface area contributed by atoms with Crippen LogP contribution in [0.4, 0.5) is 4.39 Å². The molecule has 2 nitrogen and oxygen atoms in total. The van der Waals surface area contributed by atoms with E-state index in [1.807, 2.05) is 0 Å². The van der Waals surface area contributed by atoms with E-state index in [-0.39, 0.29) is 16.9 Å². The molecule has 0 amide bonds. The van der Waals surface area contributed by atoms with Crippen LogP contribution in [0.1, 0.15) is 30.9 Å². The van der Waals surface area contributed by atoms with Crippen molar-refractivity contribution in [3.05, 3.63) is 33.6 Å². The van der Waals surface area contributed by atoms with Crippen LogP contribution in [-0.2, 0) is 0 Å². The van der Waals surface area contributed by atoms with E-state index in [1.165, 1.54) is 18.9 Å². The molecule has 1 atom stereocenters. The summed E-state index contributed by atoms with van der Waals surface area (Å²) in [5, 5.41) is 4.00. The molecule has 2 aliphatic rings. The van der Waals surface area contributed by atoms with Gasteiger partial charge < -0.3 is 5.32 Å². The van der Waals surface area contributed by atoms with Crippen molar-refractivity contribution in [2.45, 2.75) is 25.3 Å². The van der Waals surface area contributed by atoms with Crippen molar-refractivity contribution in [3.8, 4) is 0 Å². The molecule has 110 valence electrons. The van der Waals surface area contributed by atoms with Crippen LogP contribution in [0, 0.1) is 11.7 Å². The van der Waals surface area contributed by atoms with Crippen LogP contribution in [0.2, 0.25) is 10.0 Å². The quantitative estimate of drug-likeness (QED) is 0.848. The zero-order chi connectivity index (χ0) is 14.1. The normalized spacial score (nSPS) is 21.9. The molecule has 20 heavy (non-hydrogen) atoms. The van der Waals surface area contributed by atoms with Gasteiger partial charge in [-0.1, -0.05) is 36.0 Å². The van der Waals surface area contributed by atoms with Gasteiger partial charge in [0.15, 0.2) is 0 Å². The van der Waals surface area contributed by atoms with E-state index < -0.39 is 0 Å². The van der Waals surface area contributed by atoms with Crippen LogP contribution in [0.15, 0.2) is 12.1 Å². The molecule has 1 saturated carbocycles. The molecular formula is C15H19Cl2FN2. The Labute approximate surface area is 129 Å². The van der Waals surface area contributed by atoms with Crippen LogP contribution >= 0.6 is 23.2 Å². The molecular weight excluding hydrogens is 298 g/mol. The summed E-state index contributed by atoms with van der Waals surface area (Å²) in [5.74, 6) is 0.368. The number of piperazine rings is 1. The fourth-order valence-corrected chi connectivity index (χ4v) is 3.40. The third-order valence-electron chi connectivity index (χ3n) is 4.26. The largest absolute Gasteiger partial charge is 0.314 e. The fourth-order valence-electron chi connectivity index (χ4n) is 2.96. The minimum absolute atomic E-state index is 0.0517. The predicted molar refractivity (Wildman–Crippen MR) is 80.9 cm³/mol. The molecule has 0 unspecified atom stereocenters. The first-order valence-corrected chi connectivity index (χ1v) is 8.00. The molecule has 0 bridgehead atoms. The lowest BCUT2D eigenvalue weighted by atomic mass is 9.98. The van der Waals surface area contributed by atoms with Gasteiger partial charge in [0.1, 0.15) is 5.82 Å². The standard InChI is InChI=1S/C15H19Cl2FN2/c16-11-3-4-12(17)15(18)14(11)13(9-10-1-2-10)20-7-5-19-6-8-20/h3-4,10,13,19H,1-2,5-9H2/t13-/m1/s1. The van der Waals surface area contributed by atoms with Crippen molar-refractivity contribution in [1.82, 2.24) is 10.2 Å². The van der Waals surface area contributed by atoms with E-state index in [9.17, 15) is 4.39 Å². The van der Waals surface area contributed by atoms with Gasteiger partial charge in [0.05, 0.1) is 5.02 Å². The highest BCUT2D eigenvalue weighted by Gasteiger charge is 2.33. The summed E-state index contributed by atoms with van der Waals surface area (Å²) in [6, 6.07) is 3.30. The third kappa shape index (κ3) is 3.11. The van der Waals surface area contributed by atoms with E-state index in [2.05, 4.69) is 10.2 Å². The number of rotatable bonds is 4. The summed E-state index contributed by atoms with van der Waals surface area (Å²) >= 11 is 12.2. The summed E-state index contributed by atoms with van der Waals surface area (Å²) in [6.45, 7) is 3.75. The number of benzene rings is 1. The van der Waals surface area contributed by atoms with Crippen LogP contribution in [0.3, 0.4) is 0 Å². The maximum absolute atomic E-state index is 14.5. The Balaban J connectivity index is 1.93. The van der Waals surface area contributed by atoms with Gasteiger partial charge in [-0.3, -0.25) is 4.90 Å². The van der Waals surface area contributed by atoms with Gasteiger partial charge in [-0.15, -0.1) is 0 Å². The molecule has 5 heteroatoms. The van der Waals surface area contributed by atoms with Gasteiger partial charge in [-0.25, -0.2) is 4.39 Å². The molecule has 1 aliphatic heterocycles. The van der Waals surface area contributed by atoms with Gasteiger partial charge in [-0.2, -0.15) is 0 Å². The van der Waals surface area contributed by atoms with Gasteiger partial charge in [0.2, 0.25) is 0 Å². The molecule has 1 N–H and O–H groups in total. The highest BCUT2D eigenvalue weighted by atomic mass is 35.5. The van der Waals surface area contributed by atoms with Crippen LogP contribution < -0.4 is 5.32 Å². The minimum Gasteiger partial charge on any atom is -0.314 e. The minimum atomic E-state index is -0.344. The third-order valence-corrected chi connectivity index (χ3v) is 4.88. The summed E-state index contributed by atoms with van der Waals surface area (Å²) < 4.78 is 14.5. The molecule has 0 radical (unpaired) electrons. The average molecular weight is 317 g/mol. The molecule has 0 aromatic heterocycles. The first-order chi connectivity index (χ1) is 9.66. The summed E-state index contributed by atoms with van der Waals surface area (Å²) in [5.41, 5.74) is 0.591. The fraction of sp³-hybridized carbons (Fsp3) is 0.600. The molecule has 1 heterocycles. The Bertz CT molecular complexity index is 485. The van der Waals surface area contributed by atoms with Gasteiger partial charge in [0.25, 0.3) is 0 Å². The summed E-state index contributed by atoms with van der Waals surface area (Å²) in [6.07, 6.45) is 3.49. The number of nitrogens with one attached hydrogen (secondary N) is 1. The lowest BCUT2D eigenvalue weighted by Crippen LogP contribution is -2.45. The van der Waals surface area contributed by atoms with Crippen LogP contribution in [-0.4, -0.2) is 31.1 Å². The Morgan fingerprint density at radius 1 is 1.20 bits per heavy atom. The Morgan fingerprint density at radius 2 is 1.85 bits per heavy atom. The van der Waals surface area contributed by atoms with E-state index in [0.717, 1.165) is 32.6 Å². The van der Waals surface area contributed by atoms with Gasteiger partial charge >= 0.3 is 0 Å². The van der Waals surface area contributed by atoms with E-state index in [0.29, 0.717) is 16.5 Å². The molecule has 2 fully saturated rings. The summed E-state index contributed by atoms with van der Waals surface area (Å²) in [4.78, 5) is 2.34. The SMILES string of the molecule is Fc1c(Cl)ccc(Cl)c1[C@@H](CC1CC1)N1CCNCC1.